The van der Waals surface area contributed by atoms with Crippen molar-refractivity contribution in [1.82, 2.24) is 5.32 Å². The topological polar surface area (TPSA) is 228 Å². The van der Waals surface area contributed by atoms with Gasteiger partial charge in [-0.3, -0.25) is 4.79 Å². The van der Waals surface area contributed by atoms with Crippen LogP contribution in [0.2, 0.25) is 0 Å². The summed E-state index contributed by atoms with van der Waals surface area (Å²) in [6, 6.07) is -0.956. The Morgan fingerprint density at radius 3 is 1.18 bits per heavy atom. The Bertz CT molecular complexity index is 2030. The lowest BCUT2D eigenvalue weighted by Gasteiger charge is -2.46. The molecule has 12 unspecified atom stereocenters. The summed E-state index contributed by atoms with van der Waals surface area (Å²) < 4.78 is 22.8. The van der Waals surface area contributed by atoms with Gasteiger partial charge in [-0.25, -0.2) is 0 Å². The normalized spacial score (nSPS) is 23.3. The van der Waals surface area contributed by atoms with Gasteiger partial charge in [0.1, 0.15) is 48.8 Å². The molecule has 14 nitrogen and oxygen atoms in total. The van der Waals surface area contributed by atoms with E-state index in [1.807, 2.05) is 6.08 Å². The number of hydrogen-bond donors (Lipinski definition) is 9. The van der Waals surface area contributed by atoms with Crippen LogP contribution in [0.15, 0.2) is 122 Å². The van der Waals surface area contributed by atoms with E-state index in [0.29, 0.717) is 12.8 Å². The van der Waals surface area contributed by atoms with Crippen LogP contribution in [-0.4, -0.2) is 140 Å². The Morgan fingerprint density at radius 2 is 0.753 bits per heavy atom. The summed E-state index contributed by atoms with van der Waals surface area (Å²) in [7, 11) is 0. The molecule has 2 fully saturated rings. The number of ether oxygens (including phenoxy) is 4. The molecular formula is C79H135NO13. The lowest BCUT2D eigenvalue weighted by atomic mass is 9.97. The highest BCUT2D eigenvalue weighted by molar-refractivity contribution is 5.76. The van der Waals surface area contributed by atoms with E-state index in [1.54, 1.807) is 6.08 Å². The molecule has 0 saturated carbocycles. The molecule has 0 aromatic heterocycles. The molecule has 534 valence electrons. The number of unbranched alkanes of at least 4 members (excludes halogenated alkanes) is 29. The molecular weight excluding hydrogens is 1170 g/mol. The van der Waals surface area contributed by atoms with Crippen LogP contribution in [0.4, 0.5) is 0 Å². The van der Waals surface area contributed by atoms with E-state index < -0.39 is 86.8 Å². The Kier molecular flexibility index (Phi) is 56.9. The first kappa shape index (κ1) is 85.5. The minimum atomic E-state index is -1.80. The van der Waals surface area contributed by atoms with E-state index in [4.69, 9.17) is 18.9 Å². The summed E-state index contributed by atoms with van der Waals surface area (Å²) >= 11 is 0. The maximum Gasteiger partial charge on any atom is 0.220 e. The minimum absolute atomic E-state index is 0.249. The summed E-state index contributed by atoms with van der Waals surface area (Å²) in [5.41, 5.74) is 0. The van der Waals surface area contributed by atoms with Crippen molar-refractivity contribution in [3.8, 4) is 0 Å². The van der Waals surface area contributed by atoms with E-state index in [9.17, 15) is 45.6 Å². The number of aliphatic hydroxyl groups is 8. The zero-order chi connectivity index (χ0) is 67.3. The van der Waals surface area contributed by atoms with Gasteiger partial charge in [0, 0.05) is 6.42 Å². The second-order valence-electron chi connectivity index (χ2n) is 25.7. The van der Waals surface area contributed by atoms with E-state index >= 15 is 0 Å². The second-order valence-corrected chi connectivity index (χ2v) is 25.7. The van der Waals surface area contributed by atoms with Gasteiger partial charge in [0.2, 0.25) is 5.91 Å². The largest absolute Gasteiger partial charge is 0.394 e. The molecule has 0 aromatic carbocycles. The van der Waals surface area contributed by atoms with Crippen LogP contribution in [-0.2, 0) is 23.7 Å². The van der Waals surface area contributed by atoms with Crippen LogP contribution < -0.4 is 5.32 Å². The van der Waals surface area contributed by atoms with Gasteiger partial charge in [0.25, 0.3) is 0 Å². The average molecular weight is 1310 g/mol. The van der Waals surface area contributed by atoms with Gasteiger partial charge >= 0.3 is 0 Å². The molecule has 0 bridgehead atoms. The summed E-state index contributed by atoms with van der Waals surface area (Å²) in [6.45, 7) is 2.67. The summed E-state index contributed by atoms with van der Waals surface area (Å²) in [5, 5.41) is 87.5. The van der Waals surface area contributed by atoms with E-state index in [-0.39, 0.29) is 18.9 Å². The number of amides is 1. The van der Waals surface area contributed by atoms with Gasteiger partial charge in [-0.2, -0.15) is 0 Å². The second kappa shape index (κ2) is 61.9. The van der Waals surface area contributed by atoms with Crippen molar-refractivity contribution >= 4 is 5.91 Å². The molecule has 2 aliphatic heterocycles. The first-order valence-electron chi connectivity index (χ1n) is 37.3. The van der Waals surface area contributed by atoms with Crippen LogP contribution in [0, 0.1) is 0 Å². The summed E-state index contributed by atoms with van der Waals surface area (Å²) in [5.74, 6) is -0.268. The van der Waals surface area contributed by atoms with Crippen LogP contribution in [0.25, 0.3) is 0 Å². The van der Waals surface area contributed by atoms with Crippen LogP contribution >= 0.6 is 0 Å². The molecule has 0 radical (unpaired) electrons. The highest BCUT2D eigenvalue weighted by Crippen LogP contribution is 2.30. The smallest absolute Gasteiger partial charge is 0.220 e. The fourth-order valence-electron chi connectivity index (χ4n) is 11.5. The monoisotopic (exact) mass is 1310 g/mol. The first-order chi connectivity index (χ1) is 45.6. The predicted octanol–water partition coefficient (Wildman–Crippen LogP) is 16.1. The molecule has 2 rings (SSSR count). The zero-order valence-corrected chi connectivity index (χ0v) is 58.2. The van der Waals surface area contributed by atoms with Crippen molar-refractivity contribution < 1.29 is 64.6 Å². The molecule has 9 N–H and O–H groups in total. The van der Waals surface area contributed by atoms with Crippen molar-refractivity contribution in [2.75, 3.05) is 19.8 Å². The minimum Gasteiger partial charge on any atom is -0.394 e. The summed E-state index contributed by atoms with van der Waals surface area (Å²) in [4.78, 5) is 13.3. The third-order valence-corrected chi connectivity index (χ3v) is 17.4. The molecule has 2 heterocycles. The van der Waals surface area contributed by atoms with Crippen molar-refractivity contribution in [2.24, 2.45) is 0 Å². The standard InChI is InChI=1S/C79H135NO13/c1-3-5-7-9-11-13-15-17-19-21-23-25-27-29-31-33-35-36-38-40-42-44-46-48-50-52-54-56-58-60-62-68(83)67(66-90-78-76(89)74(87)77(70(65-82)92-78)93-79-75(88)73(86)72(85)69(64-81)91-79)80-71(84)63-61-59-57-55-53-51-49-47-45-43-41-39-37-34-32-30-28-26-24-22-20-18-16-14-12-10-8-6-4-2/h6,8,12,14,18,20,24,26,30,32,37,39,43-46,52,54,60,62,67-70,72-79,81-83,85-89H,3-5,7,9-11,13,15-17,19,21-23,25,27-29,31,33-36,38,40-42,47-51,53,55-59,61,63-66H2,1-2H3,(H,80,84)/b8-6-,14-12-,20-18-,26-24-,32-30-,39-37-,45-43-,46-44+,54-52+,62-60+. The van der Waals surface area contributed by atoms with Gasteiger partial charge in [-0.05, 0) is 103 Å². The highest BCUT2D eigenvalue weighted by atomic mass is 16.7. The zero-order valence-electron chi connectivity index (χ0n) is 58.2. The average Bonchev–Trinajstić information content (AvgIpc) is 0.854. The molecule has 0 aliphatic carbocycles. The molecule has 1 amide bonds. The quantitative estimate of drug-likeness (QED) is 0.0204. The van der Waals surface area contributed by atoms with Crippen LogP contribution in [0.5, 0.6) is 0 Å². The maximum atomic E-state index is 13.3. The predicted molar refractivity (Wildman–Crippen MR) is 382 cm³/mol. The Labute approximate surface area is 565 Å². The number of carbonyl (C=O) groups is 1. The van der Waals surface area contributed by atoms with Crippen molar-refractivity contribution in [3.05, 3.63) is 122 Å². The van der Waals surface area contributed by atoms with Crippen molar-refractivity contribution in [2.45, 2.75) is 351 Å². The molecule has 14 heteroatoms. The lowest BCUT2D eigenvalue weighted by Crippen LogP contribution is -2.65. The molecule has 12 atom stereocenters. The van der Waals surface area contributed by atoms with Gasteiger partial charge in [0.05, 0.1) is 32.0 Å². The number of hydrogen-bond acceptors (Lipinski definition) is 13. The van der Waals surface area contributed by atoms with Gasteiger partial charge in [0.15, 0.2) is 12.6 Å². The molecule has 0 aromatic rings. The molecule has 2 aliphatic rings. The van der Waals surface area contributed by atoms with E-state index in [1.165, 1.54) is 128 Å². The fraction of sp³-hybridized carbons (Fsp3) is 0.734. The first-order valence-corrected chi connectivity index (χ1v) is 37.3. The van der Waals surface area contributed by atoms with Crippen molar-refractivity contribution in [1.29, 1.82) is 0 Å². The number of carbonyl (C=O) groups excluding carboxylic acids is 1. The lowest BCUT2D eigenvalue weighted by molar-refractivity contribution is -0.359. The number of aliphatic hydroxyl groups excluding tert-OH is 8. The van der Waals surface area contributed by atoms with E-state index in [0.717, 1.165) is 116 Å². The van der Waals surface area contributed by atoms with E-state index in [2.05, 4.69) is 129 Å². The Hall–Kier alpha value is -3.61. The number of nitrogens with one attached hydrogen (secondary N) is 1. The fourth-order valence-corrected chi connectivity index (χ4v) is 11.5. The van der Waals surface area contributed by atoms with Gasteiger partial charge in [-0.1, -0.05) is 289 Å². The van der Waals surface area contributed by atoms with Gasteiger partial charge < -0.3 is 65.1 Å². The Balaban J connectivity index is 1.70. The van der Waals surface area contributed by atoms with Crippen LogP contribution in [0.1, 0.15) is 277 Å². The molecule has 0 spiro atoms. The third-order valence-electron chi connectivity index (χ3n) is 17.4. The molecule has 93 heavy (non-hydrogen) atoms. The SMILES string of the molecule is CC/C=C\C/C=C\C/C=C\C/C=C\C/C=C\C/C=C\C/C=C\CCCCCCCCCC(=O)NC(COC1OC(CO)C(OC2OC(CO)C(O)C(O)C2O)C(O)C1O)C(O)/C=C/CC/C=C/CC/C=C/CCCCCCCCCCCCCCCCCCCCCC. The highest BCUT2D eigenvalue weighted by Gasteiger charge is 2.51. The number of allylic oxidation sites excluding steroid dienone is 19. The Morgan fingerprint density at radius 1 is 0.398 bits per heavy atom. The summed E-state index contributed by atoms with van der Waals surface area (Å²) in [6.07, 6.45) is 74.0. The number of rotatable bonds is 60. The van der Waals surface area contributed by atoms with Gasteiger partial charge in [-0.15, -0.1) is 0 Å². The third kappa shape index (κ3) is 45.5. The molecule has 2 saturated heterocycles. The maximum absolute atomic E-state index is 13.3. The van der Waals surface area contributed by atoms with Crippen molar-refractivity contribution in [3.63, 3.8) is 0 Å². The van der Waals surface area contributed by atoms with Crippen LogP contribution in [0.3, 0.4) is 0 Å².